The second-order valence-corrected chi connectivity index (χ2v) is 8.44. The summed E-state index contributed by atoms with van der Waals surface area (Å²) in [4.78, 5) is 14.1. The monoisotopic (exact) mass is 346 g/mol. The maximum atomic E-state index is 12.2. The Bertz CT molecular complexity index is 705. The van der Waals surface area contributed by atoms with Gasteiger partial charge in [-0.3, -0.25) is 0 Å². The molecule has 1 atom stereocenters. The van der Waals surface area contributed by atoms with Gasteiger partial charge in [-0.05, 0) is 74.6 Å². The average Bonchev–Trinajstić information content (AvgIpc) is 2.99. The Morgan fingerprint density at radius 3 is 3.00 bits per heavy atom. The molecule has 0 bridgehead atoms. The molecule has 3 rings (SSSR count). The highest BCUT2D eigenvalue weighted by Gasteiger charge is 2.27. The Labute approximate surface area is 147 Å². The van der Waals surface area contributed by atoms with Crippen molar-refractivity contribution in [3.05, 3.63) is 29.6 Å². The van der Waals surface area contributed by atoms with Gasteiger partial charge in [0, 0.05) is 30.0 Å². The van der Waals surface area contributed by atoms with Crippen molar-refractivity contribution in [3.8, 4) is 0 Å². The third-order valence-corrected chi connectivity index (χ3v) is 5.12. The van der Waals surface area contributed by atoms with Crippen LogP contribution in [-0.2, 0) is 4.74 Å². The number of benzene rings is 1. The van der Waals surface area contributed by atoms with E-state index < -0.39 is 5.60 Å². The van der Waals surface area contributed by atoms with Gasteiger partial charge in [0.05, 0.1) is 0 Å². The number of nitrogens with one attached hydrogen (secondary N) is 1. The zero-order valence-corrected chi connectivity index (χ0v) is 15.5. The number of carbonyl (C=O) groups excluding carboxylic acids is 1. The molecule has 1 N–H and O–H groups in total. The molecule has 5 heteroatoms. The lowest BCUT2D eigenvalue weighted by Crippen LogP contribution is -2.44. The van der Waals surface area contributed by atoms with Crippen LogP contribution in [0, 0.1) is 5.92 Å². The molecule has 1 aliphatic heterocycles. The van der Waals surface area contributed by atoms with Gasteiger partial charge in [0.25, 0.3) is 0 Å². The number of ether oxygens (including phenoxy) is 1. The van der Waals surface area contributed by atoms with E-state index in [1.165, 1.54) is 10.1 Å². The maximum absolute atomic E-state index is 12.2. The van der Waals surface area contributed by atoms with Crippen LogP contribution in [0.1, 0.15) is 33.6 Å². The fourth-order valence-corrected chi connectivity index (χ4v) is 3.83. The summed E-state index contributed by atoms with van der Waals surface area (Å²) in [6, 6.07) is 8.64. The summed E-state index contributed by atoms with van der Waals surface area (Å²) in [7, 11) is 0. The van der Waals surface area contributed by atoms with Crippen molar-refractivity contribution in [2.75, 3.05) is 25.0 Å². The molecule has 1 aromatic carbocycles. The molecule has 1 aliphatic rings. The summed E-state index contributed by atoms with van der Waals surface area (Å²) in [6.45, 7) is 8.18. The van der Waals surface area contributed by atoms with E-state index in [1.54, 1.807) is 11.3 Å². The Kier molecular flexibility index (Phi) is 4.99. The smallest absolute Gasteiger partial charge is 0.410 e. The first-order valence-electron chi connectivity index (χ1n) is 8.60. The maximum Gasteiger partial charge on any atom is 0.410 e. The van der Waals surface area contributed by atoms with Crippen LogP contribution in [0.4, 0.5) is 10.5 Å². The molecule has 130 valence electrons. The van der Waals surface area contributed by atoms with Gasteiger partial charge in [-0.2, -0.15) is 0 Å². The highest BCUT2D eigenvalue weighted by Crippen LogP contribution is 2.25. The lowest BCUT2D eigenvalue weighted by atomic mass is 9.98. The number of fused-ring (bicyclic) bond motifs is 1. The molecular formula is C19H26N2O2S. The van der Waals surface area contributed by atoms with Crippen LogP contribution in [0.3, 0.4) is 0 Å². The molecule has 0 radical (unpaired) electrons. The molecule has 24 heavy (non-hydrogen) atoms. The molecule has 1 aromatic heterocycles. The second-order valence-electron chi connectivity index (χ2n) is 7.49. The summed E-state index contributed by atoms with van der Waals surface area (Å²) in [5.41, 5.74) is 0.716. The Morgan fingerprint density at radius 1 is 1.38 bits per heavy atom. The van der Waals surface area contributed by atoms with Crippen LogP contribution in [0.25, 0.3) is 10.1 Å². The molecule has 2 heterocycles. The quantitative estimate of drug-likeness (QED) is 0.854. The normalized spacial score (nSPS) is 18.6. The zero-order chi connectivity index (χ0) is 17.2. The highest BCUT2D eigenvalue weighted by atomic mass is 32.1. The number of amides is 1. The van der Waals surface area contributed by atoms with Crippen molar-refractivity contribution in [1.82, 2.24) is 4.90 Å². The summed E-state index contributed by atoms with van der Waals surface area (Å²) in [5.74, 6) is 0.462. The largest absolute Gasteiger partial charge is 0.444 e. The second kappa shape index (κ2) is 7.01. The topological polar surface area (TPSA) is 41.6 Å². The lowest BCUT2D eigenvalue weighted by Gasteiger charge is -2.34. The molecular weight excluding hydrogens is 320 g/mol. The van der Waals surface area contributed by atoms with Crippen LogP contribution < -0.4 is 5.32 Å². The average molecular weight is 346 g/mol. The number of likely N-dealkylation sites (tertiary alicyclic amines) is 1. The minimum absolute atomic E-state index is 0.188. The zero-order valence-electron chi connectivity index (χ0n) is 14.7. The van der Waals surface area contributed by atoms with Crippen LogP contribution in [0.2, 0.25) is 0 Å². The number of hydrogen-bond acceptors (Lipinski definition) is 4. The molecule has 1 saturated heterocycles. The Hall–Kier alpha value is -1.75. The minimum atomic E-state index is -0.432. The number of anilines is 1. The number of thiophene rings is 1. The summed E-state index contributed by atoms with van der Waals surface area (Å²) >= 11 is 1.76. The Balaban J connectivity index is 1.54. The van der Waals surface area contributed by atoms with E-state index in [0.717, 1.165) is 38.2 Å². The number of nitrogens with zero attached hydrogens (tertiary/aromatic N) is 1. The molecule has 1 amide bonds. The van der Waals surface area contributed by atoms with E-state index in [0.29, 0.717) is 5.92 Å². The Morgan fingerprint density at radius 2 is 2.21 bits per heavy atom. The molecule has 1 unspecified atom stereocenters. The summed E-state index contributed by atoms with van der Waals surface area (Å²) < 4.78 is 6.81. The van der Waals surface area contributed by atoms with Gasteiger partial charge in [0.2, 0.25) is 0 Å². The summed E-state index contributed by atoms with van der Waals surface area (Å²) in [5, 5.41) is 6.93. The van der Waals surface area contributed by atoms with E-state index in [1.807, 2.05) is 25.7 Å². The third kappa shape index (κ3) is 4.41. The minimum Gasteiger partial charge on any atom is -0.444 e. The van der Waals surface area contributed by atoms with Gasteiger partial charge in [0.15, 0.2) is 0 Å². The van der Waals surface area contributed by atoms with E-state index in [9.17, 15) is 4.79 Å². The van der Waals surface area contributed by atoms with E-state index in [4.69, 9.17) is 4.74 Å². The number of rotatable bonds is 3. The predicted octanol–water partition coefficient (Wildman–Crippen LogP) is 4.96. The van der Waals surface area contributed by atoms with Gasteiger partial charge in [-0.15, -0.1) is 11.3 Å². The molecule has 2 aromatic rings. The van der Waals surface area contributed by atoms with Crippen molar-refractivity contribution < 1.29 is 9.53 Å². The van der Waals surface area contributed by atoms with Crippen LogP contribution in [0.15, 0.2) is 29.6 Å². The predicted molar refractivity (Wildman–Crippen MR) is 101 cm³/mol. The first-order valence-corrected chi connectivity index (χ1v) is 9.48. The van der Waals surface area contributed by atoms with Gasteiger partial charge < -0.3 is 15.0 Å². The molecule has 0 spiro atoms. The van der Waals surface area contributed by atoms with Gasteiger partial charge in [0.1, 0.15) is 5.60 Å². The van der Waals surface area contributed by atoms with Crippen molar-refractivity contribution in [3.63, 3.8) is 0 Å². The molecule has 4 nitrogen and oxygen atoms in total. The van der Waals surface area contributed by atoms with E-state index in [2.05, 4.69) is 35.0 Å². The number of piperidine rings is 1. The first-order chi connectivity index (χ1) is 11.4. The van der Waals surface area contributed by atoms with Gasteiger partial charge in [-0.1, -0.05) is 0 Å². The van der Waals surface area contributed by atoms with Crippen molar-refractivity contribution in [2.45, 2.75) is 39.2 Å². The SMILES string of the molecule is CC(C)(C)OC(=O)N1CCCC(CNc2ccc3sccc3c2)C1. The molecule has 1 fully saturated rings. The fraction of sp³-hybridized carbons (Fsp3) is 0.526. The van der Waals surface area contributed by atoms with Crippen molar-refractivity contribution in [1.29, 1.82) is 0 Å². The van der Waals surface area contributed by atoms with Gasteiger partial charge in [-0.25, -0.2) is 4.79 Å². The highest BCUT2D eigenvalue weighted by molar-refractivity contribution is 7.17. The van der Waals surface area contributed by atoms with Gasteiger partial charge >= 0.3 is 6.09 Å². The van der Waals surface area contributed by atoms with Crippen LogP contribution >= 0.6 is 11.3 Å². The summed E-state index contributed by atoms with van der Waals surface area (Å²) in [6.07, 6.45) is 1.99. The third-order valence-electron chi connectivity index (χ3n) is 4.22. The first kappa shape index (κ1) is 17.1. The molecule has 0 saturated carbocycles. The molecule has 0 aliphatic carbocycles. The van der Waals surface area contributed by atoms with Crippen LogP contribution in [0.5, 0.6) is 0 Å². The van der Waals surface area contributed by atoms with Crippen molar-refractivity contribution >= 4 is 33.2 Å². The van der Waals surface area contributed by atoms with E-state index in [-0.39, 0.29) is 6.09 Å². The number of carbonyl (C=O) groups is 1. The van der Waals surface area contributed by atoms with E-state index >= 15 is 0 Å². The van der Waals surface area contributed by atoms with Crippen molar-refractivity contribution in [2.24, 2.45) is 5.92 Å². The van der Waals surface area contributed by atoms with Crippen LogP contribution in [-0.4, -0.2) is 36.2 Å². The fourth-order valence-electron chi connectivity index (χ4n) is 3.06. The number of hydrogen-bond donors (Lipinski definition) is 1. The lowest BCUT2D eigenvalue weighted by molar-refractivity contribution is 0.0172. The standard InChI is InChI=1S/C19H26N2O2S/c1-19(2,3)23-18(22)21-9-4-5-14(13-21)12-20-16-6-7-17-15(11-16)8-10-24-17/h6-8,10-11,14,20H,4-5,9,12-13H2,1-3H3.